The summed E-state index contributed by atoms with van der Waals surface area (Å²) in [6.45, 7) is 2.01. The molecule has 0 bridgehead atoms. The molecule has 0 aromatic carbocycles. The molecule has 4 rings (SSSR count). The van der Waals surface area contributed by atoms with Gasteiger partial charge < -0.3 is 9.45 Å². The lowest BCUT2D eigenvalue weighted by Crippen LogP contribution is -2.24. The molecule has 3 heterocycles. The second-order valence-corrected chi connectivity index (χ2v) is 6.94. The Morgan fingerprint density at radius 3 is 2.68 bits per heavy atom. The zero-order valence-electron chi connectivity index (χ0n) is 12.5. The highest BCUT2D eigenvalue weighted by Crippen LogP contribution is 2.45. The van der Waals surface area contributed by atoms with Crippen molar-refractivity contribution >= 4 is 33.5 Å². The van der Waals surface area contributed by atoms with Gasteiger partial charge in [0.15, 0.2) is 5.82 Å². The molecule has 1 aliphatic heterocycles. The molecule has 0 saturated heterocycles. The monoisotopic (exact) mass is 312 g/mol. The first kappa shape index (κ1) is 13.7. The molecule has 1 aliphatic carbocycles. The molecule has 1 atom stereocenters. The van der Waals surface area contributed by atoms with Gasteiger partial charge in [0, 0.05) is 29.6 Å². The van der Waals surface area contributed by atoms with Gasteiger partial charge in [-0.15, -0.1) is 0 Å². The molecule has 1 fully saturated rings. The third-order valence-corrected chi connectivity index (χ3v) is 4.83. The summed E-state index contributed by atoms with van der Waals surface area (Å²) in [5, 5.41) is 0.573. The third-order valence-electron chi connectivity index (χ3n) is 3.98. The average molecular weight is 312 g/mol. The van der Waals surface area contributed by atoms with Crippen molar-refractivity contribution in [2.75, 3.05) is 11.2 Å². The highest BCUT2D eigenvalue weighted by Gasteiger charge is 2.38. The van der Waals surface area contributed by atoms with Crippen LogP contribution in [0.25, 0.3) is 0 Å². The molecular weight excluding hydrogens is 296 g/mol. The molecule has 0 N–H and O–H groups in total. The van der Waals surface area contributed by atoms with Crippen LogP contribution in [0.4, 0.5) is 17.3 Å². The summed E-state index contributed by atoms with van der Waals surface area (Å²) < 4.78 is 12.2. The molecule has 0 spiro atoms. The van der Waals surface area contributed by atoms with E-state index in [2.05, 4.69) is 14.9 Å². The van der Waals surface area contributed by atoms with Gasteiger partial charge in [-0.2, -0.15) is 4.99 Å². The van der Waals surface area contributed by atoms with Crippen molar-refractivity contribution in [1.82, 2.24) is 9.97 Å². The smallest absolute Gasteiger partial charge is 0.255 e. The maximum absolute atomic E-state index is 12.2. The van der Waals surface area contributed by atoms with E-state index < -0.39 is 11.2 Å². The lowest BCUT2D eigenvalue weighted by molar-refractivity contribution is 0.611. The number of aryl methyl sites for hydroxylation is 1. The molecule has 112 valence electrons. The predicted octanol–water partition coefficient (Wildman–Crippen LogP) is 2.86. The van der Waals surface area contributed by atoms with Crippen LogP contribution < -0.4 is 4.90 Å². The Labute approximate surface area is 132 Å². The van der Waals surface area contributed by atoms with E-state index in [-0.39, 0.29) is 0 Å². The molecule has 0 radical (unpaired) electrons. The number of anilines is 2. The second kappa shape index (κ2) is 5.07. The van der Waals surface area contributed by atoms with E-state index in [4.69, 9.17) is 4.99 Å². The van der Waals surface area contributed by atoms with E-state index in [0.29, 0.717) is 11.1 Å². The first-order valence-corrected chi connectivity index (χ1v) is 8.85. The number of pyridine rings is 2. The number of aromatic nitrogens is 2. The number of rotatable bonds is 1. The first-order chi connectivity index (χ1) is 10.7. The highest BCUT2D eigenvalue weighted by atomic mass is 32.2. The van der Waals surface area contributed by atoms with Gasteiger partial charge in [-0.1, -0.05) is 0 Å². The normalized spacial score (nSPS) is 18.1. The zero-order valence-corrected chi connectivity index (χ0v) is 13.3. The van der Waals surface area contributed by atoms with Crippen molar-refractivity contribution in [3.63, 3.8) is 0 Å². The molecule has 1 unspecified atom stereocenters. The van der Waals surface area contributed by atoms with E-state index in [0.717, 1.165) is 41.3 Å². The first-order valence-electron chi connectivity index (χ1n) is 7.29. The summed E-state index contributed by atoms with van der Waals surface area (Å²) >= 11 is -1.19. The van der Waals surface area contributed by atoms with Crippen molar-refractivity contribution in [2.45, 2.75) is 25.8 Å². The van der Waals surface area contributed by atoms with Gasteiger partial charge in [0.05, 0.1) is 5.56 Å². The average Bonchev–Trinajstić information content (AvgIpc) is 3.32. The van der Waals surface area contributed by atoms with Gasteiger partial charge >= 0.3 is 0 Å². The quantitative estimate of drug-likeness (QED) is 0.760. The van der Waals surface area contributed by atoms with Gasteiger partial charge in [0.25, 0.3) is 5.04 Å². The van der Waals surface area contributed by atoms with Crippen molar-refractivity contribution in [3.8, 4) is 0 Å². The molecule has 22 heavy (non-hydrogen) atoms. The van der Waals surface area contributed by atoms with E-state index in [9.17, 15) is 4.55 Å². The van der Waals surface area contributed by atoms with Crippen molar-refractivity contribution < 1.29 is 4.55 Å². The molecule has 2 aromatic heterocycles. The molecule has 2 aromatic rings. The highest BCUT2D eigenvalue weighted by molar-refractivity contribution is 8.06. The van der Waals surface area contributed by atoms with E-state index in [1.165, 1.54) is 0 Å². The van der Waals surface area contributed by atoms with Crippen LogP contribution in [0.1, 0.15) is 24.0 Å². The standard InChI is InChI=1S/C16H16N4OS/c1-10-7-9-18-15-13(10)19-16(22(2)21)12-4-3-8-17-14(12)20(15)11-5-6-11/h3-4,7-9,11H,5-6H2,1-2H3. The molecule has 0 amide bonds. The summed E-state index contributed by atoms with van der Waals surface area (Å²) in [4.78, 5) is 16.0. The predicted molar refractivity (Wildman–Crippen MR) is 88.6 cm³/mol. The minimum atomic E-state index is -1.19. The Morgan fingerprint density at radius 1 is 1.18 bits per heavy atom. The fourth-order valence-corrected chi connectivity index (χ4v) is 3.46. The largest absolute Gasteiger partial charge is 0.610 e. The summed E-state index contributed by atoms with van der Waals surface area (Å²) in [5.74, 6) is 1.64. The SMILES string of the molecule is Cc1ccnc2c1N=C([S+](C)[O-])c1cccnc1N2C1CC1. The number of fused-ring (bicyclic) bond motifs is 2. The summed E-state index contributed by atoms with van der Waals surface area (Å²) in [5.41, 5.74) is 2.68. The van der Waals surface area contributed by atoms with Crippen LogP contribution in [-0.2, 0) is 11.2 Å². The number of hydrogen-bond acceptors (Lipinski definition) is 5. The minimum Gasteiger partial charge on any atom is -0.610 e. The number of nitrogens with zero attached hydrogens (tertiary/aromatic N) is 4. The van der Waals surface area contributed by atoms with E-state index in [1.54, 1.807) is 18.6 Å². The van der Waals surface area contributed by atoms with E-state index in [1.807, 2.05) is 25.1 Å². The zero-order chi connectivity index (χ0) is 15.3. The van der Waals surface area contributed by atoms with Crippen LogP contribution in [0.3, 0.4) is 0 Å². The summed E-state index contributed by atoms with van der Waals surface area (Å²) in [6.07, 6.45) is 7.47. The number of hydrogen-bond donors (Lipinski definition) is 0. The van der Waals surface area contributed by atoms with Crippen molar-refractivity contribution in [1.29, 1.82) is 0 Å². The molecule has 2 aliphatic rings. The van der Waals surface area contributed by atoms with Gasteiger partial charge in [0.2, 0.25) is 0 Å². The van der Waals surface area contributed by atoms with Crippen LogP contribution in [-0.4, -0.2) is 31.9 Å². The van der Waals surface area contributed by atoms with Gasteiger partial charge in [-0.05, 0) is 43.5 Å². The van der Waals surface area contributed by atoms with Crippen LogP contribution in [0.5, 0.6) is 0 Å². The Kier molecular flexibility index (Phi) is 3.16. The third kappa shape index (κ3) is 2.10. The second-order valence-electron chi connectivity index (χ2n) is 5.65. The number of aliphatic imine (C=N–C) groups is 1. The minimum absolute atomic E-state index is 0.404. The fourth-order valence-electron chi connectivity index (χ4n) is 2.77. The van der Waals surface area contributed by atoms with Gasteiger partial charge in [0.1, 0.15) is 17.8 Å². The van der Waals surface area contributed by atoms with Crippen LogP contribution in [0.2, 0.25) is 0 Å². The Balaban J connectivity index is 2.04. The topological polar surface area (TPSA) is 64.4 Å². The Hall–Kier alpha value is -1.92. The van der Waals surface area contributed by atoms with E-state index >= 15 is 0 Å². The molecule has 1 saturated carbocycles. The summed E-state index contributed by atoms with van der Waals surface area (Å²) in [6, 6.07) is 6.15. The van der Waals surface area contributed by atoms with Crippen molar-refractivity contribution in [3.05, 3.63) is 41.7 Å². The Bertz CT molecular complexity index is 770. The Morgan fingerprint density at radius 2 is 1.95 bits per heavy atom. The lowest BCUT2D eigenvalue weighted by Gasteiger charge is -2.23. The molecular formula is C16H16N4OS. The van der Waals surface area contributed by atoms with Crippen molar-refractivity contribution in [2.24, 2.45) is 4.99 Å². The van der Waals surface area contributed by atoms with Gasteiger partial charge in [-0.3, -0.25) is 0 Å². The maximum Gasteiger partial charge on any atom is 0.255 e. The van der Waals surface area contributed by atoms with Crippen LogP contribution in [0.15, 0.2) is 35.6 Å². The van der Waals surface area contributed by atoms with Crippen LogP contribution >= 0.6 is 0 Å². The summed E-state index contributed by atoms with van der Waals surface area (Å²) in [7, 11) is 0. The van der Waals surface area contributed by atoms with Gasteiger partial charge in [-0.25, -0.2) is 9.97 Å². The lowest BCUT2D eigenvalue weighted by atomic mass is 10.2. The van der Waals surface area contributed by atoms with Crippen LogP contribution in [0, 0.1) is 6.92 Å². The molecule has 5 nitrogen and oxygen atoms in total. The fraction of sp³-hybridized carbons (Fsp3) is 0.312. The molecule has 6 heteroatoms. The maximum atomic E-state index is 12.2.